The highest BCUT2D eigenvalue weighted by molar-refractivity contribution is 5.99. The average molecular weight is 312 g/mol. The summed E-state index contributed by atoms with van der Waals surface area (Å²) in [7, 11) is 0. The van der Waals surface area contributed by atoms with E-state index in [2.05, 4.69) is 35.9 Å². The predicted octanol–water partition coefficient (Wildman–Crippen LogP) is 4.21. The summed E-state index contributed by atoms with van der Waals surface area (Å²) >= 11 is 0. The van der Waals surface area contributed by atoms with Crippen molar-refractivity contribution in [3.63, 3.8) is 0 Å². The molecule has 23 heavy (non-hydrogen) atoms. The fraction of sp³-hybridized carbons (Fsp3) is 0.550. The van der Waals surface area contributed by atoms with Gasteiger partial charge < -0.3 is 9.88 Å². The van der Waals surface area contributed by atoms with Crippen molar-refractivity contribution >= 4 is 17.2 Å². The first kappa shape index (κ1) is 16.3. The second kappa shape index (κ2) is 7.31. The first-order chi connectivity index (χ1) is 11.3. The van der Waals surface area contributed by atoms with E-state index >= 15 is 0 Å². The zero-order valence-corrected chi connectivity index (χ0v) is 14.4. The Morgan fingerprint density at radius 2 is 2.04 bits per heavy atom. The van der Waals surface area contributed by atoms with Crippen LogP contribution in [-0.4, -0.2) is 35.8 Å². The van der Waals surface area contributed by atoms with Crippen LogP contribution in [0.4, 0.5) is 0 Å². The number of aromatic amines is 1. The van der Waals surface area contributed by atoms with Crippen LogP contribution in [0.2, 0.25) is 0 Å². The molecule has 0 fully saturated rings. The number of carbonyl (C=O) groups is 1. The van der Waals surface area contributed by atoms with Crippen LogP contribution in [0.25, 0.3) is 10.9 Å². The Morgan fingerprint density at radius 3 is 2.74 bits per heavy atom. The molecule has 124 valence electrons. The minimum Gasteiger partial charge on any atom is -0.360 e. The summed E-state index contributed by atoms with van der Waals surface area (Å²) in [5, 5.41) is 1.17. The maximum absolute atomic E-state index is 11.4. The molecule has 1 aliphatic rings. The van der Waals surface area contributed by atoms with Gasteiger partial charge in [-0.05, 0) is 68.3 Å². The summed E-state index contributed by atoms with van der Waals surface area (Å²) < 4.78 is 0. The number of hydrogen-bond donors (Lipinski definition) is 1. The highest BCUT2D eigenvalue weighted by Gasteiger charge is 2.23. The van der Waals surface area contributed by atoms with Gasteiger partial charge in [-0.15, -0.1) is 0 Å². The molecule has 0 radical (unpaired) electrons. The van der Waals surface area contributed by atoms with E-state index in [0.717, 1.165) is 30.2 Å². The molecule has 1 heterocycles. The standard InChI is InChI=1S/C20H28N2O/c1-3-9-22(10-4-2)13-15-5-6-16-7-8-19-20(18(16)11-15)17(14-23)12-21-19/h7-8,12,14-15,21H,3-6,9-11,13H2,1-2H3. The number of rotatable bonds is 7. The fourth-order valence-electron chi connectivity index (χ4n) is 4.13. The molecule has 0 amide bonds. The van der Waals surface area contributed by atoms with Gasteiger partial charge >= 0.3 is 0 Å². The van der Waals surface area contributed by atoms with Gasteiger partial charge in [0.15, 0.2) is 6.29 Å². The van der Waals surface area contributed by atoms with Crippen LogP contribution in [-0.2, 0) is 12.8 Å². The normalized spacial score (nSPS) is 17.6. The monoisotopic (exact) mass is 312 g/mol. The topological polar surface area (TPSA) is 36.1 Å². The quantitative estimate of drug-likeness (QED) is 0.778. The van der Waals surface area contributed by atoms with Crippen molar-refractivity contribution in [1.82, 2.24) is 9.88 Å². The van der Waals surface area contributed by atoms with Gasteiger partial charge in [-0.25, -0.2) is 0 Å². The van der Waals surface area contributed by atoms with E-state index in [1.54, 1.807) is 0 Å². The molecule has 3 nitrogen and oxygen atoms in total. The third-order valence-corrected chi connectivity index (χ3v) is 5.12. The first-order valence-electron chi connectivity index (χ1n) is 9.06. The van der Waals surface area contributed by atoms with Crippen LogP contribution in [0.15, 0.2) is 18.3 Å². The van der Waals surface area contributed by atoms with Gasteiger partial charge in [0.1, 0.15) is 0 Å². The minimum atomic E-state index is 0.709. The lowest BCUT2D eigenvalue weighted by molar-refractivity contribution is 0.112. The van der Waals surface area contributed by atoms with Gasteiger partial charge in [0.2, 0.25) is 0 Å². The van der Waals surface area contributed by atoms with Gasteiger partial charge in [-0.2, -0.15) is 0 Å². The number of aryl methyl sites for hydroxylation is 1. The maximum atomic E-state index is 11.4. The zero-order chi connectivity index (χ0) is 16.2. The number of aldehydes is 1. The fourth-order valence-corrected chi connectivity index (χ4v) is 4.13. The number of carbonyl (C=O) groups excluding carboxylic acids is 1. The lowest BCUT2D eigenvalue weighted by Gasteiger charge is -2.31. The first-order valence-corrected chi connectivity index (χ1v) is 9.06. The molecule has 0 bridgehead atoms. The number of benzene rings is 1. The summed E-state index contributed by atoms with van der Waals surface area (Å²) in [5.41, 5.74) is 4.77. The molecule has 0 spiro atoms. The van der Waals surface area contributed by atoms with Crippen molar-refractivity contribution in [2.75, 3.05) is 19.6 Å². The molecule has 1 aliphatic carbocycles. The van der Waals surface area contributed by atoms with Crippen LogP contribution in [0, 0.1) is 5.92 Å². The Kier molecular flexibility index (Phi) is 5.16. The molecule has 1 aromatic heterocycles. The molecule has 2 aromatic rings. The van der Waals surface area contributed by atoms with E-state index in [1.165, 1.54) is 55.4 Å². The Hall–Kier alpha value is -1.61. The summed E-state index contributed by atoms with van der Waals surface area (Å²) in [5.74, 6) is 0.709. The second-order valence-electron chi connectivity index (χ2n) is 6.90. The van der Waals surface area contributed by atoms with E-state index in [4.69, 9.17) is 0 Å². The average Bonchev–Trinajstić information content (AvgIpc) is 2.99. The molecule has 1 N–H and O–H groups in total. The highest BCUT2D eigenvalue weighted by Crippen LogP contribution is 2.33. The van der Waals surface area contributed by atoms with E-state index in [0.29, 0.717) is 5.92 Å². The molecular formula is C20H28N2O. The van der Waals surface area contributed by atoms with Crippen molar-refractivity contribution in [3.05, 3.63) is 35.0 Å². The third-order valence-electron chi connectivity index (χ3n) is 5.12. The van der Waals surface area contributed by atoms with Crippen LogP contribution in [0.3, 0.4) is 0 Å². The van der Waals surface area contributed by atoms with Crippen molar-refractivity contribution < 1.29 is 4.79 Å². The summed E-state index contributed by atoms with van der Waals surface area (Å²) in [6.45, 7) is 8.12. The molecule has 0 saturated heterocycles. The molecule has 3 heteroatoms. The van der Waals surface area contributed by atoms with Gasteiger partial charge in [0, 0.05) is 29.2 Å². The molecule has 1 unspecified atom stereocenters. The Morgan fingerprint density at radius 1 is 1.26 bits per heavy atom. The maximum Gasteiger partial charge on any atom is 0.152 e. The predicted molar refractivity (Wildman–Crippen MR) is 96.2 cm³/mol. The smallest absolute Gasteiger partial charge is 0.152 e. The number of nitrogens with one attached hydrogen (secondary N) is 1. The minimum absolute atomic E-state index is 0.709. The number of hydrogen-bond acceptors (Lipinski definition) is 2. The number of aromatic nitrogens is 1. The van der Waals surface area contributed by atoms with Crippen molar-refractivity contribution in [3.8, 4) is 0 Å². The Labute approximate surface area is 139 Å². The van der Waals surface area contributed by atoms with Crippen molar-refractivity contribution in [2.45, 2.75) is 46.0 Å². The van der Waals surface area contributed by atoms with E-state index in [1.807, 2.05) is 6.20 Å². The second-order valence-corrected chi connectivity index (χ2v) is 6.90. The lowest BCUT2D eigenvalue weighted by atomic mass is 9.81. The van der Waals surface area contributed by atoms with E-state index in [-0.39, 0.29) is 0 Å². The largest absolute Gasteiger partial charge is 0.360 e. The Balaban J connectivity index is 1.84. The molecular weight excluding hydrogens is 284 g/mol. The van der Waals surface area contributed by atoms with Gasteiger partial charge in [0.25, 0.3) is 0 Å². The molecule has 3 rings (SSSR count). The highest BCUT2D eigenvalue weighted by atomic mass is 16.1. The zero-order valence-electron chi connectivity index (χ0n) is 14.4. The molecule has 1 aromatic carbocycles. The van der Waals surface area contributed by atoms with E-state index < -0.39 is 0 Å². The lowest BCUT2D eigenvalue weighted by Crippen LogP contribution is -2.33. The number of H-pyrrole nitrogens is 1. The van der Waals surface area contributed by atoms with Crippen molar-refractivity contribution in [2.24, 2.45) is 5.92 Å². The number of nitrogens with zero attached hydrogens (tertiary/aromatic N) is 1. The molecule has 1 atom stereocenters. The third kappa shape index (κ3) is 3.35. The summed E-state index contributed by atoms with van der Waals surface area (Å²) in [6, 6.07) is 4.37. The molecule has 0 saturated carbocycles. The molecule has 0 aliphatic heterocycles. The van der Waals surface area contributed by atoms with Crippen LogP contribution in [0.1, 0.15) is 54.6 Å². The van der Waals surface area contributed by atoms with E-state index in [9.17, 15) is 4.79 Å². The van der Waals surface area contributed by atoms with Crippen LogP contribution < -0.4 is 0 Å². The SMILES string of the molecule is CCCN(CCC)CC1CCc2ccc3[nH]cc(C=O)c3c2C1. The van der Waals surface area contributed by atoms with Gasteiger partial charge in [0.05, 0.1) is 0 Å². The van der Waals surface area contributed by atoms with Crippen LogP contribution >= 0.6 is 0 Å². The van der Waals surface area contributed by atoms with Gasteiger partial charge in [-0.3, -0.25) is 4.79 Å². The Bertz CT molecular complexity index is 668. The summed E-state index contributed by atoms with van der Waals surface area (Å²) in [6.07, 6.45) is 8.80. The van der Waals surface area contributed by atoms with Crippen LogP contribution in [0.5, 0.6) is 0 Å². The number of fused-ring (bicyclic) bond motifs is 3. The van der Waals surface area contributed by atoms with Gasteiger partial charge in [-0.1, -0.05) is 19.9 Å². The summed E-state index contributed by atoms with van der Waals surface area (Å²) in [4.78, 5) is 17.2. The van der Waals surface area contributed by atoms with Crippen molar-refractivity contribution in [1.29, 1.82) is 0 Å².